The molecule has 2 heteroatoms. The maximum absolute atomic E-state index is 4.82. The Morgan fingerprint density at radius 3 is 2.06 bits per heavy atom. The second-order valence-electron chi connectivity index (χ2n) is 8.28. The Kier molecular flexibility index (Phi) is 3.58. The highest BCUT2D eigenvalue weighted by molar-refractivity contribution is 6.25. The highest BCUT2D eigenvalue weighted by Gasteiger charge is 2.13. The van der Waals surface area contributed by atoms with Crippen molar-refractivity contribution in [2.75, 3.05) is 0 Å². The van der Waals surface area contributed by atoms with Gasteiger partial charge in [-0.1, -0.05) is 84.9 Å². The minimum atomic E-state index is 0.892. The summed E-state index contributed by atoms with van der Waals surface area (Å²) in [5.41, 5.74) is 4.14. The summed E-state index contributed by atoms with van der Waals surface area (Å²) in [5.74, 6) is 0. The number of aromatic nitrogens is 2. The molecule has 0 aliphatic rings. The molecule has 0 aliphatic carbocycles. The van der Waals surface area contributed by atoms with E-state index in [1.54, 1.807) is 0 Å². The lowest BCUT2D eigenvalue weighted by Gasteiger charge is -2.14. The van der Waals surface area contributed by atoms with E-state index in [0.717, 1.165) is 22.3 Å². The summed E-state index contributed by atoms with van der Waals surface area (Å²) in [7, 11) is 0. The van der Waals surface area contributed by atoms with Crippen LogP contribution in [0.1, 0.15) is 0 Å². The Morgan fingerprint density at radius 1 is 0.469 bits per heavy atom. The second kappa shape index (κ2) is 6.60. The van der Waals surface area contributed by atoms with Crippen LogP contribution in [-0.2, 0) is 0 Å². The van der Waals surface area contributed by atoms with Crippen LogP contribution in [0, 0.1) is 0 Å². The van der Waals surface area contributed by atoms with E-state index >= 15 is 0 Å². The minimum absolute atomic E-state index is 0.892. The smallest absolute Gasteiger partial charge is 0.0964 e. The molecule has 0 unspecified atom stereocenters. The summed E-state index contributed by atoms with van der Waals surface area (Å²) in [5, 5.41) is 10.1. The van der Waals surface area contributed by atoms with Gasteiger partial charge >= 0.3 is 0 Å². The van der Waals surface area contributed by atoms with E-state index in [1.165, 1.54) is 43.3 Å². The van der Waals surface area contributed by atoms with Crippen LogP contribution in [0.5, 0.6) is 0 Å². The lowest BCUT2D eigenvalue weighted by molar-refractivity contribution is 1.27. The van der Waals surface area contributed by atoms with Gasteiger partial charge in [-0.2, -0.15) is 0 Å². The van der Waals surface area contributed by atoms with Crippen LogP contribution < -0.4 is 0 Å². The molecule has 2 nitrogen and oxygen atoms in total. The number of nitrogens with zero attached hydrogens (tertiary/aromatic N) is 2. The molecule has 0 saturated carbocycles. The average molecular weight is 406 g/mol. The van der Waals surface area contributed by atoms with Crippen molar-refractivity contribution in [1.29, 1.82) is 0 Å². The Balaban J connectivity index is 1.42. The summed E-state index contributed by atoms with van der Waals surface area (Å²) in [6.07, 6.45) is 3.83. The Bertz CT molecular complexity index is 1740. The third kappa shape index (κ3) is 2.47. The van der Waals surface area contributed by atoms with Gasteiger partial charge in [-0.25, -0.2) is 0 Å². The molecule has 2 aromatic heterocycles. The zero-order valence-electron chi connectivity index (χ0n) is 17.3. The number of pyridine rings is 2. The van der Waals surface area contributed by atoms with Crippen LogP contribution in [0.25, 0.3) is 65.6 Å². The molecule has 0 spiro atoms. The van der Waals surface area contributed by atoms with Crippen LogP contribution in [0.3, 0.4) is 0 Å². The van der Waals surface area contributed by atoms with Gasteiger partial charge in [0.1, 0.15) is 0 Å². The van der Waals surface area contributed by atoms with E-state index in [-0.39, 0.29) is 0 Å². The molecule has 7 rings (SSSR count). The fraction of sp³-hybridized carbons (Fsp3) is 0. The normalized spacial score (nSPS) is 11.8. The topological polar surface area (TPSA) is 25.8 Å². The van der Waals surface area contributed by atoms with Gasteiger partial charge in [0.2, 0.25) is 0 Å². The van der Waals surface area contributed by atoms with E-state index in [1.807, 2.05) is 24.5 Å². The molecule has 7 aromatic rings. The number of fused-ring (bicyclic) bond motifs is 1. The van der Waals surface area contributed by atoms with Gasteiger partial charge in [0, 0.05) is 23.3 Å². The highest BCUT2D eigenvalue weighted by Crippen LogP contribution is 2.39. The molecule has 32 heavy (non-hydrogen) atoms. The molecule has 0 saturated heterocycles. The van der Waals surface area contributed by atoms with Crippen molar-refractivity contribution in [3.05, 3.63) is 109 Å². The lowest BCUT2D eigenvalue weighted by atomic mass is 9.90. The number of rotatable bonds is 2. The van der Waals surface area contributed by atoms with Crippen LogP contribution in [-0.4, -0.2) is 9.97 Å². The van der Waals surface area contributed by atoms with E-state index in [9.17, 15) is 0 Å². The maximum Gasteiger partial charge on any atom is 0.0964 e. The van der Waals surface area contributed by atoms with E-state index < -0.39 is 0 Å². The fourth-order valence-electron chi connectivity index (χ4n) is 5.00. The molecule has 148 valence electrons. The quantitative estimate of drug-likeness (QED) is 0.273. The van der Waals surface area contributed by atoms with Gasteiger partial charge < -0.3 is 0 Å². The molecule has 0 radical (unpaired) electrons. The van der Waals surface area contributed by atoms with Crippen molar-refractivity contribution in [3.63, 3.8) is 0 Å². The molecular formula is C30H18N2. The monoisotopic (exact) mass is 406 g/mol. The first kappa shape index (κ1) is 17.4. The average Bonchev–Trinajstić information content (AvgIpc) is 2.87. The first-order valence-corrected chi connectivity index (χ1v) is 10.8. The minimum Gasteiger partial charge on any atom is -0.254 e. The SMILES string of the molecule is c1ccc2c(-c3ccc(-c4ccc5ccc6cccc7ccc4c5c67)cn3)nccc2c1. The molecule has 0 bridgehead atoms. The number of hydrogen-bond donors (Lipinski definition) is 0. The predicted molar refractivity (Wildman–Crippen MR) is 134 cm³/mol. The molecule has 0 fully saturated rings. The molecule has 0 N–H and O–H groups in total. The van der Waals surface area contributed by atoms with Crippen molar-refractivity contribution < 1.29 is 0 Å². The van der Waals surface area contributed by atoms with E-state index in [2.05, 4.69) is 89.9 Å². The van der Waals surface area contributed by atoms with Gasteiger partial charge in [0.15, 0.2) is 0 Å². The summed E-state index contributed by atoms with van der Waals surface area (Å²) >= 11 is 0. The van der Waals surface area contributed by atoms with Crippen LogP contribution in [0.15, 0.2) is 109 Å². The van der Waals surface area contributed by atoms with Crippen molar-refractivity contribution in [2.45, 2.75) is 0 Å². The van der Waals surface area contributed by atoms with Gasteiger partial charge in [-0.05, 0) is 55.4 Å². The van der Waals surface area contributed by atoms with Gasteiger partial charge in [0.25, 0.3) is 0 Å². The van der Waals surface area contributed by atoms with Crippen molar-refractivity contribution in [1.82, 2.24) is 9.97 Å². The maximum atomic E-state index is 4.82. The first-order chi connectivity index (χ1) is 15.9. The Hall–Kier alpha value is -4.30. The van der Waals surface area contributed by atoms with Crippen LogP contribution >= 0.6 is 0 Å². The molecule has 0 amide bonds. The Labute approximate surface area is 185 Å². The van der Waals surface area contributed by atoms with Gasteiger partial charge in [-0.3, -0.25) is 9.97 Å². The number of hydrogen-bond acceptors (Lipinski definition) is 2. The summed E-state index contributed by atoms with van der Waals surface area (Å²) < 4.78 is 0. The second-order valence-corrected chi connectivity index (χ2v) is 8.28. The van der Waals surface area contributed by atoms with Gasteiger partial charge in [-0.15, -0.1) is 0 Å². The lowest BCUT2D eigenvalue weighted by Crippen LogP contribution is -1.91. The molecule has 5 aromatic carbocycles. The summed E-state index contributed by atoms with van der Waals surface area (Å²) in [6, 6.07) is 34.5. The first-order valence-electron chi connectivity index (χ1n) is 10.8. The van der Waals surface area contributed by atoms with E-state index in [0.29, 0.717) is 0 Å². The number of benzene rings is 5. The van der Waals surface area contributed by atoms with E-state index in [4.69, 9.17) is 4.98 Å². The molecule has 0 atom stereocenters. The Morgan fingerprint density at radius 2 is 1.22 bits per heavy atom. The highest BCUT2D eigenvalue weighted by atomic mass is 14.8. The third-order valence-corrected chi connectivity index (χ3v) is 6.52. The standard InChI is InChI=1S/C30H18N2/c1-2-7-25-19(4-1)16-17-31-30(25)27-15-12-23(18-32-27)24-13-10-22-9-8-20-5-3-6-21-11-14-26(24)29(22)28(20)21/h1-18H. The van der Waals surface area contributed by atoms with Gasteiger partial charge in [0.05, 0.1) is 11.4 Å². The molecular weight excluding hydrogens is 388 g/mol. The van der Waals surface area contributed by atoms with Crippen molar-refractivity contribution in [3.8, 4) is 22.5 Å². The fourth-order valence-corrected chi connectivity index (χ4v) is 5.00. The largest absolute Gasteiger partial charge is 0.254 e. The predicted octanol–water partition coefficient (Wildman–Crippen LogP) is 7.86. The van der Waals surface area contributed by atoms with Crippen molar-refractivity contribution >= 4 is 43.1 Å². The summed E-state index contributed by atoms with van der Waals surface area (Å²) in [6.45, 7) is 0. The summed E-state index contributed by atoms with van der Waals surface area (Å²) in [4.78, 5) is 9.44. The third-order valence-electron chi connectivity index (χ3n) is 6.52. The zero-order valence-corrected chi connectivity index (χ0v) is 17.3. The molecule has 2 heterocycles. The van der Waals surface area contributed by atoms with Crippen LogP contribution in [0.4, 0.5) is 0 Å². The zero-order chi connectivity index (χ0) is 21.1. The van der Waals surface area contributed by atoms with Crippen molar-refractivity contribution in [2.24, 2.45) is 0 Å². The van der Waals surface area contributed by atoms with Crippen LogP contribution in [0.2, 0.25) is 0 Å². The molecule has 0 aliphatic heterocycles.